The minimum absolute atomic E-state index is 0.261. The molecule has 1 aliphatic heterocycles. The summed E-state index contributed by atoms with van der Waals surface area (Å²) in [4.78, 5) is 13.2. The largest absolute Gasteiger partial charge is 0.394 e. The van der Waals surface area contributed by atoms with Crippen molar-refractivity contribution in [3.05, 3.63) is 12.2 Å². The third-order valence-electron chi connectivity index (χ3n) is 16.3. The van der Waals surface area contributed by atoms with Gasteiger partial charge in [0.05, 0.1) is 25.4 Å². The summed E-state index contributed by atoms with van der Waals surface area (Å²) in [5.41, 5.74) is 0. The van der Waals surface area contributed by atoms with Gasteiger partial charge in [0.25, 0.3) is 0 Å². The number of hydrogen-bond acceptors (Lipinski definition) is 10. The van der Waals surface area contributed by atoms with E-state index in [4.69, 9.17) is 9.47 Å². The van der Waals surface area contributed by atoms with Gasteiger partial charge in [-0.25, -0.2) is 0 Å². The molecule has 0 spiro atoms. The van der Waals surface area contributed by atoms with Crippen molar-refractivity contribution in [1.29, 1.82) is 0 Å². The maximum Gasteiger partial charge on any atom is 0.249 e. The average molecular weight is 1080 g/mol. The van der Waals surface area contributed by atoms with Crippen molar-refractivity contribution in [2.24, 2.45) is 0 Å². The average Bonchev–Trinajstić information content (AvgIpc) is 3.42. The highest BCUT2D eigenvalue weighted by molar-refractivity contribution is 5.80. The first-order valence-corrected chi connectivity index (χ1v) is 33.1. The van der Waals surface area contributed by atoms with Crippen molar-refractivity contribution in [3.63, 3.8) is 0 Å². The highest BCUT2D eigenvalue weighted by Gasteiger charge is 2.44. The Bertz CT molecular complexity index is 1240. The van der Waals surface area contributed by atoms with Crippen molar-refractivity contribution in [2.45, 2.75) is 384 Å². The topological polar surface area (TPSA) is 189 Å². The van der Waals surface area contributed by atoms with E-state index in [-0.39, 0.29) is 6.42 Å². The number of allylic oxidation sites excluding steroid dienone is 2. The van der Waals surface area contributed by atoms with Crippen LogP contribution in [0, 0.1) is 0 Å². The smallest absolute Gasteiger partial charge is 0.249 e. The molecule has 1 heterocycles. The van der Waals surface area contributed by atoms with Crippen LogP contribution in [0.15, 0.2) is 12.2 Å². The third kappa shape index (κ3) is 41.8. The molecule has 0 bridgehead atoms. The summed E-state index contributed by atoms with van der Waals surface area (Å²) in [5.74, 6) is -0.692. The second-order valence-corrected chi connectivity index (χ2v) is 23.5. The molecule has 8 N–H and O–H groups in total. The van der Waals surface area contributed by atoms with Crippen LogP contribution in [-0.2, 0) is 14.3 Å². The van der Waals surface area contributed by atoms with Crippen molar-refractivity contribution in [1.82, 2.24) is 5.32 Å². The fourth-order valence-corrected chi connectivity index (χ4v) is 11.0. The first kappa shape index (κ1) is 72.9. The molecule has 0 aromatic carbocycles. The van der Waals surface area contributed by atoms with E-state index in [1.165, 1.54) is 250 Å². The zero-order chi connectivity index (χ0) is 55.4. The molecule has 1 saturated heterocycles. The van der Waals surface area contributed by atoms with Crippen LogP contribution in [-0.4, -0.2) is 110 Å². The SMILES string of the molecule is CCCCCCCCCCCCCC/C=C\CCCCCCCCCCCC(O)C(=O)NC(COC1OC(CO)C(O)C(O)C1O)C(O)C(O)CCCCCCCCCCCCCCCCCCCCCCCCCC. The molecule has 452 valence electrons. The lowest BCUT2D eigenvalue weighted by Crippen LogP contribution is -2.60. The Hall–Kier alpha value is -1.15. The number of aliphatic hydroxyl groups is 7. The summed E-state index contributed by atoms with van der Waals surface area (Å²) < 4.78 is 11.2. The number of rotatable bonds is 58. The van der Waals surface area contributed by atoms with Gasteiger partial charge in [0, 0.05) is 0 Å². The maximum absolute atomic E-state index is 13.2. The monoisotopic (exact) mass is 1080 g/mol. The van der Waals surface area contributed by atoms with Crippen molar-refractivity contribution < 1.29 is 50.0 Å². The molecule has 0 radical (unpaired) electrons. The fourth-order valence-electron chi connectivity index (χ4n) is 11.0. The summed E-state index contributed by atoms with van der Waals surface area (Å²) in [6, 6.07) is -1.17. The number of carbonyl (C=O) groups is 1. The first-order chi connectivity index (χ1) is 37.2. The minimum Gasteiger partial charge on any atom is -0.394 e. The summed E-state index contributed by atoms with van der Waals surface area (Å²) in [6.45, 7) is 3.51. The van der Waals surface area contributed by atoms with Crippen LogP contribution < -0.4 is 5.32 Å². The van der Waals surface area contributed by atoms with Crippen LogP contribution in [0.3, 0.4) is 0 Å². The molecule has 0 saturated carbocycles. The molecular formula is C65H127NO10. The van der Waals surface area contributed by atoms with Crippen LogP contribution >= 0.6 is 0 Å². The quantitative estimate of drug-likeness (QED) is 0.0215. The Morgan fingerprint density at radius 3 is 1.11 bits per heavy atom. The molecule has 9 unspecified atom stereocenters. The molecule has 9 atom stereocenters. The van der Waals surface area contributed by atoms with E-state index in [2.05, 4.69) is 31.3 Å². The zero-order valence-corrected chi connectivity index (χ0v) is 49.8. The van der Waals surface area contributed by atoms with E-state index >= 15 is 0 Å². The van der Waals surface area contributed by atoms with E-state index in [0.717, 1.165) is 38.5 Å². The van der Waals surface area contributed by atoms with E-state index in [1.54, 1.807) is 0 Å². The first-order valence-electron chi connectivity index (χ1n) is 33.1. The Morgan fingerprint density at radius 2 is 0.763 bits per heavy atom. The van der Waals surface area contributed by atoms with Gasteiger partial charge in [-0.15, -0.1) is 0 Å². The molecule has 0 aromatic rings. The highest BCUT2D eigenvalue weighted by atomic mass is 16.7. The van der Waals surface area contributed by atoms with E-state index in [0.29, 0.717) is 19.3 Å². The van der Waals surface area contributed by atoms with Gasteiger partial charge in [0.15, 0.2) is 6.29 Å². The van der Waals surface area contributed by atoms with Crippen LogP contribution in [0.25, 0.3) is 0 Å². The molecule has 0 aromatic heterocycles. The zero-order valence-electron chi connectivity index (χ0n) is 49.8. The maximum atomic E-state index is 13.2. The molecule has 1 amide bonds. The lowest BCUT2D eigenvalue weighted by molar-refractivity contribution is -0.303. The molecule has 11 heteroatoms. The minimum atomic E-state index is -1.66. The molecule has 1 fully saturated rings. The van der Waals surface area contributed by atoms with Gasteiger partial charge in [-0.05, 0) is 38.5 Å². The molecular weight excluding hydrogens is 955 g/mol. The Kier molecular flexibility index (Phi) is 52.2. The van der Waals surface area contributed by atoms with Crippen molar-refractivity contribution in [2.75, 3.05) is 13.2 Å². The van der Waals surface area contributed by atoms with Gasteiger partial charge in [0.1, 0.15) is 36.6 Å². The summed E-state index contributed by atoms with van der Waals surface area (Å²) in [7, 11) is 0. The predicted octanol–water partition coefficient (Wildman–Crippen LogP) is 15.1. The Morgan fingerprint density at radius 1 is 0.447 bits per heavy atom. The Balaban J connectivity index is 2.24. The molecule has 76 heavy (non-hydrogen) atoms. The van der Waals surface area contributed by atoms with E-state index in [1.807, 2.05) is 0 Å². The van der Waals surface area contributed by atoms with Crippen LogP contribution in [0.4, 0.5) is 0 Å². The standard InChI is InChI=1S/C65H127NO10/c1-3-5-7-9-11-13-15-17-19-21-23-25-27-29-31-33-35-37-39-41-43-45-47-49-51-53-58(69)64(74)66-56(55-75-65-63(73)62(72)61(71)59(54-67)76-65)60(70)57(68)52-50-48-46-44-42-40-38-36-34-32-30-28-26-24-22-20-18-16-14-12-10-8-6-4-2/h29,31,56-63,65,67-73H,3-28,30,32-55H2,1-2H3,(H,66,74)/b31-29-. The van der Waals surface area contributed by atoms with Crippen LogP contribution in [0.2, 0.25) is 0 Å². The number of ether oxygens (including phenoxy) is 2. The third-order valence-corrected chi connectivity index (χ3v) is 16.3. The predicted molar refractivity (Wildman–Crippen MR) is 316 cm³/mol. The number of unbranched alkanes of at least 4 members (excludes halogenated alkanes) is 44. The van der Waals surface area contributed by atoms with Crippen molar-refractivity contribution >= 4 is 5.91 Å². The van der Waals surface area contributed by atoms with Crippen molar-refractivity contribution in [3.8, 4) is 0 Å². The lowest BCUT2D eigenvalue weighted by Gasteiger charge is -2.40. The Labute approximate surface area is 468 Å². The highest BCUT2D eigenvalue weighted by Crippen LogP contribution is 2.24. The number of hydrogen-bond donors (Lipinski definition) is 8. The van der Waals surface area contributed by atoms with Gasteiger partial charge < -0.3 is 50.5 Å². The summed E-state index contributed by atoms with van der Waals surface area (Å²) >= 11 is 0. The molecule has 1 aliphatic rings. The summed E-state index contributed by atoms with van der Waals surface area (Å²) in [5, 5.41) is 76.4. The number of carbonyl (C=O) groups excluding carboxylic acids is 1. The summed E-state index contributed by atoms with van der Waals surface area (Å²) in [6.07, 6.45) is 54.2. The second kappa shape index (κ2) is 54.4. The van der Waals surface area contributed by atoms with E-state index < -0.39 is 74.2 Å². The molecule has 1 rings (SSSR count). The number of aliphatic hydroxyl groups excluding tert-OH is 7. The van der Waals surface area contributed by atoms with E-state index in [9.17, 15) is 40.5 Å². The second-order valence-electron chi connectivity index (χ2n) is 23.5. The lowest BCUT2D eigenvalue weighted by atomic mass is 9.98. The number of nitrogens with one attached hydrogen (secondary N) is 1. The van der Waals surface area contributed by atoms with Crippen LogP contribution in [0.5, 0.6) is 0 Å². The van der Waals surface area contributed by atoms with Gasteiger partial charge in [-0.2, -0.15) is 0 Å². The van der Waals surface area contributed by atoms with Gasteiger partial charge in [-0.3, -0.25) is 4.79 Å². The fraction of sp³-hybridized carbons (Fsp3) is 0.954. The van der Waals surface area contributed by atoms with Gasteiger partial charge in [-0.1, -0.05) is 302 Å². The normalized spacial score (nSPS) is 19.6. The molecule has 11 nitrogen and oxygen atoms in total. The van der Waals surface area contributed by atoms with Crippen LogP contribution in [0.1, 0.15) is 328 Å². The van der Waals surface area contributed by atoms with Gasteiger partial charge in [0.2, 0.25) is 5.91 Å². The number of amides is 1. The molecule has 0 aliphatic carbocycles. The van der Waals surface area contributed by atoms with Gasteiger partial charge >= 0.3 is 0 Å².